The third-order valence-corrected chi connectivity index (χ3v) is 16.3. The summed E-state index contributed by atoms with van der Waals surface area (Å²) in [6.07, 6.45) is -2.76. The van der Waals surface area contributed by atoms with Gasteiger partial charge in [-0.3, -0.25) is 32.6 Å². The number of ether oxygens (including phenoxy) is 5. The molecule has 83 heavy (non-hydrogen) atoms. The van der Waals surface area contributed by atoms with Crippen molar-refractivity contribution < 1.29 is 70.7 Å². The number of H-pyrrole nitrogens is 1. The zero-order valence-corrected chi connectivity index (χ0v) is 48.3. The Morgan fingerprint density at radius 2 is 1.13 bits per heavy atom. The van der Waals surface area contributed by atoms with Crippen LogP contribution < -0.4 is 35.3 Å². The Balaban J connectivity index is 0.000000200. The molecule has 2 aliphatic heterocycles. The number of methoxy groups -OCH3 is 1. The number of hydrogen-bond donors (Lipinski definition) is 6. The van der Waals surface area contributed by atoms with Crippen molar-refractivity contribution in [3.05, 3.63) is 114 Å². The van der Waals surface area contributed by atoms with E-state index in [0.29, 0.717) is 33.4 Å². The standard InChI is InChI=1S/C27H33N6O8P.C27H32N5O8P/c1-15(2)39-26(35)16(3)32-42(36,41-20-11-7-9-17-8-5-6-10-18(17)20)38-13-21-19(34)12-22(40-21)33-14-29-23-24(33)30-27(28)31-25(23)37-4;1-15(2)38-27(35)16(3)31-41(36,40-21-11-7-9-18-8-5-6-10-19(18)21)37-13-22-20(33)12-23(39-22)32-14-28-24-25(32)29-17(4)30-26(24)34/h5-11,14-16,19,21-22,34H,12-13H2,1-4H3,(H,32,36)(H2,28,30,31);5-11,14-16,20,22-23,33H,12-13H2,1-4H3,(H,31,36)(H,29,30,34)/t16-,19+,21+,22+,42?;16-,20+,22+,23+,41?/m00/s1. The summed E-state index contributed by atoms with van der Waals surface area (Å²) in [5, 5.41) is 30.1. The molecule has 0 radical (unpaired) electrons. The lowest BCUT2D eigenvalue weighted by atomic mass is 10.1. The highest BCUT2D eigenvalue weighted by Crippen LogP contribution is 2.49. The summed E-state index contributed by atoms with van der Waals surface area (Å²) in [6, 6.07) is 23.3. The molecular weight excluding hydrogens is 1120 g/mol. The van der Waals surface area contributed by atoms with Crippen LogP contribution in [0.4, 0.5) is 5.95 Å². The van der Waals surface area contributed by atoms with Crippen LogP contribution in [0.1, 0.15) is 72.7 Å². The highest BCUT2D eigenvalue weighted by atomic mass is 31.2. The maximum Gasteiger partial charge on any atom is 0.459 e. The van der Waals surface area contributed by atoms with Crippen LogP contribution in [-0.2, 0) is 46.7 Å². The number of aliphatic hydroxyl groups is 2. The van der Waals surface area contributed by atoms with E-state index in [9.17, 15) is 33.7 Å². The van der Waals surface area contributed by atoms with Crippen molar-refractivity contribution >= 4 is 77.3 Å². The number of aromatic nitrogens is 8. The lowest BCUT2D eigenvalue weighted by Gasteiger charge is -2.25. The predicted octanol–water partition coefficient (Wildman–Crippen LogP) is 6.72. The molecule has 29 heteroatoms. The second kappa shape index (κ2) is 25.6. The highest BCUT2D eigenvalue weighted by Gasteiger charge is 2.42. The number of aliphatic hydroxyl groups excluding tert-OH is 2. The largest absolute Gasteiger partial charge is 0.479 e. The van der Waals surface area contributed by atoms with Gasteiger partial charge < -0.3 is 53.7 Å². The molecule has 8 aromatic rings. The molecule has 0 spiro atoms. The quantitative estimate of drug-likeness (QED) is 0.0321. The Morgan fingerprint density at radius 1 is 0.687 bits per heavy atom. The van der Waals surface area contributed by atoms with Crippen LogP contribution in [0.3, 0.4) is 0 Å². The number of carbonyl (C=O) groups is 2. The topological polar surface area (TPSA) is 349 Å². The molecule has 2 unspecified atom stereocenters. The van der Waals surface area contributed by atoms with Gasteiger partial charge in [0.25, 0.3) is 5.56 Å². The van der Waals surface area contributed by atoms with Crippen LogP contribution in [0.2, 0.25) is 0 Å². The fraction of sp³-hybridized carbons (Fsp3) is 0.407. The number of nitrogens with two attached hydrogens (primary N) is 1. The van der Waals surface area contributed by atoms with Crippen LogP contribution in [0, 0.1) is 6.92 Å². The van der Waals surface area contributed by atoms with Crippen molar-refractivity contribution in [3.63, 3.8) is 0 Å². The number of imidazole rings is 2. The van der Waals surface area contributed by atoms with Gasteiger partial charge in [0.05, 0.1) is 57.4 Å². The number of esters is 2. The Labute approximate surface area is 475 Å². The van der Waals surface area contributed by atoms with E-state index in [1.807, 2.05) is 60.7 Å². The second-order valence-electron chi connectivity index (χ2n) is 20.2. The summed E-state index contributed by atoms with van der Waals surface area (Å²) >= 11 is 0. The number of nitrogens with one attached hydrogen (secondary N) is 3. The molecule has 442 valence electrons. The van der Waals surface area contributed by atoms with Crippen LogP contribution in [0.5, 0.6) is 17.4 Å². The van der Waals surface area contributed by atoms with Crippen molar-refractivity contribution in [2.45, 2.75) is 122 Å². The molecule has 0 aliphatic carbocycles. The molecule has 27 nitrogen and oxygen atoms in total. The smallest absolute Gasteiger partial charge is 0.459 e. The number of fused-ring (bicyclic) bond motifs is 4. The monoisotopic (exact) mass is 1190 g/mol. The fourth-order valence-electron chi connectivity index (χ4n) is 9.16. The van der Waals surface area contributed by atoms with Gasteiger partial charge in [-0.1, -0.05) is 72.8 Å². The molecule has 0 amide bonds. The van der Waals surface area contributed by atoms with Crippen molar-refractivity contribution in [2.75, 3.05) is 26.1 Å². The summed E-state index contributed by atoms with van der Waals surface area (Å²) in [6.45, 7) is 10.8. The number of aromatic amines is 1. The van der Waals surface area contributed by atoms with Crippen LogP contribution in [-0.4, -0.2) is 130 Å². The lowest BCUT2D eigenvalue weighted by Crippen LogP contribution is -2.37. The number of hydrogen-bond acceptors (Lipinski definition) is 22. The molecule has 0 bridgehead atoms. The summed E-state index contributed by atoms with van der Waals surface area (Å²) < 4.78 is 82.7. The van der Waals surface area contributed by atoms with Crippen molar-refractivity contribution in [2.24, 2.45) is 0 Å². The normalized spacial score (nSPS) is 21.1. The van der Waals surface area contributed by atoms with Crippen LogP contribution >= 0.6 is 15.5 Å². The molecule has 10 rings (SSSR count). The maximum absolute atomic E-state index is 14.1. The number of aryl methyl sites for hydroxylation is 1. The molecule has 7 N–H and O–H groups in total. The fourth-order valence-corrected chi connectivity index (χ4v) is 12.2. The van der Waals surface area contributed by atoms with Gasteiger partial charge in [0.15, 0.2) is 22.3 Å². The first-order chi connectivity index (χ1) is 39.6. The number of carbonyl (C=O) groups excluding carboxylic acids is 2. The molecule has 2 fully saturated rings. The van der Waals surface area contributed by atoms with Crippen LogP contribution in [0.15, 0.2) is 102 Å². The van der Waals surface area contributed by atoms with Gasteiger partial charge in [0.1, 0.15) is 54.1 Å². The number of anilines is 1. The third kappa shape index (κ3) is 14.2. The Hall–Kier alpha value is -7.42. The van der Waals surface area contributed by atoms with Gasteiger partial charge in [-0.05, 0) is 71.4 Å². The van der Waals surface area contributed by atoms with E-state index in [1.165, 1.54) is 33.6 Å². The molecule has 2 saturated heterocycles. The number of nitrogens with zero attached hydrogens (tertiary/aromatic N) is 7. The Kier molecular flexibility index (Phi) is 18.6. The van der Waals surface area contributed by atoms with Gasteiger partial charge in [0, 0.05) is 23.6 Å². The summed E-state index contributed by atoms with van der Waals surface area (Å²) in [7, 11) is -7.01. The molecular formula is C54H65N11O16P2. The molecule has 4 aromatic carbocycles. The van der Waals surface area contributed by atoms with Crippen molar-refractivity contribution in [1.29, 1.82) is 0 Å². The summed E-state index contributed by atoms with van der Waals surface area (Å²) in [5.41, 5.74) is 6.64. The highest BCUT2D eigenvalue weighted by molar-refractivity contribution is 7.52. The Morgan fingerprint density at radius 3 is 1.60 bits per heavy atom. The maximum atomic E-state index is 14.1. The molecule has 2 aliphatic rings. The Bertz CT molecular complexity index is 3780. The van der Waals surface area contributed by atoms with E-state index >= 15 is 0 Å². The SMILES string of the molecule is COc1nc(N)nc2c1ncn2[C@H]1C[C@@H](O)[C@@H](COP(=O)(N[C@@H](C)C(=O)OC(C)C)Oc2cccc3ccccc23)O1.Cc1nc2c(ncn2[C@H]2C[C@@H](O)[C@@H](COP(=O)(N[C@@H](C)C(=O)OC(C)C)Oc3cccc4ccccc34)O2)c(=O)[nH]1. The third-order valence-electron chi connectivity index (χ3n) is 13.0. The summed E-state index contributed by atoms with van der Waals surface area (Å²) in [5.74, 6) is -0.0884. The van der Waals surface area contributed by atoms with E-state index in [0.717, 1.165) is 10.8 Å². The number of nitrogen functional groups attached to an aromatic ring is 1. The zero-order chi connectivity index (χ0) is 59.3. The zero-order valence-electron chi connectivity index (χ0n) is 46.6. The van der Waals surface area contributed by atoms with Crippen molar-refractivity contribution in [1.82, 2.24) is 49.2 Å². The number of benzene rings is 4. The summed E-state index contributed by atoms with van der Waals surface area (Å²) in [4.78, 5) is 60.9. The molecule has 0 saturated carbocycles. The van der Waals surface area contributed by atoms with Gasteiger partial charge in [-0.25, -0.2) is 24.1 Å². The number of rotatable bonds is 21. The molecule has 4 aromatic heterocycles. The van der Waals surface area contributed by atoms with Gasteiger partial charge in [-0.15, -0.1) is 0 Å². The molecule has 6 heterocycles. The molecule has 10 atom stereocenters. The average Bonchev–Trinajstić information content (AvgIpc) is 4.23. The predicted molar refractivity (Wildman–Crippen MR) is 302 cm³/mol. The van der Waals surface area contributed by atoms with E-state index in [4.69, 9.17) is 47.5 Å². The average molecular weight is 1190 g/mol. The first kappa shape index (κ1) is 60.2. The van der Waals surface area contributed by atoms with Gasteiger partial charge in [0.2, 0.25) is 11.8 Å². The minimum absolute atomic E-state index is 0.0118. The van der Waals surface area contributed by atoms with E-state index in [1.54, 1.807) is 68.0 Å². The lowest BCUT2D eigenvalue weighted by molar-refractivity contribution is -0.150. The van der Waals surface area contributed by atoms with E-state index in [2.05, 4.69) is 40.1 Å². The van der Waals surface area contributed by atoms with E-state index < -0.39 is 76.4 Å². The second-order valence-corrected chi connectivity index (χ2v) is 23.5. The first-order valence-corrected chi connectivity index (χ1v) is 29.6. The van der Waals surface area contributed by atoms with Crippen LogP contribution in [0.25, 0.3) is 43.9 Å². The minimum Gasteiger partial charge on any atom is -0.479 e. The van der Waals surface area contributed by atoms with Gasteiger partial charge in [-0.2, -0.15) is 20.1 Å². The van der Waals surface area contributed by atoms with Crippen molar-refractivity contribution in [3.8, 4) is 17.4 Å². The van der Waals surface area contributed by atoms with Gasteiger partial charge >= 0.3 is 27.4 Å². The minimum atomic E-state index is -4.23. The van der Waals surface area contributed by atoms with E-state index in [-0.39, 0.29) is 72.7 Å². The first-order valence-electron chi connectivity index (χ1n) is 26.5.